The van der Waals surface area contributed by atoms with Gasteiger partial charge in [0.2, 0.25) is 11.8 Å². The lowest BCUT2D eigenvalue weighted by Gasteiger charge is -2.09. The minimum atomic E-state index is -0.183. The maximum atomic E-state index is 11.3. The Bertz CT molecular complexity index is 533. The summed E-state index contributed by atoms with van der Waals surface area (Å²) in [5.41, 5.74) is 0. The zero-order valence-electron chi connectivity index (χ0n) is 25.2. The number of hydrogen-bond donors (Lipinski definition) is 2. The molecule has 0 unspecified atom stereocenters. The summed E-state index contributed by atoms with van der Waals surface area (Å²) in [6.45, 7) is 21.8. The summed E-state index contributed by atoms with van der Waals surface area (Å²) in [6.07, 6.45) is 0.450. The van der Waals surface area contributed by atoms with E-state index in [1.807, 2.05) is 41.5 Å². The van der Waals surface area contributed by atoms with Crippen molar-refractivity contribution in [2.24, 2.45) is 11.8 Å². The molecule has 0 aromatic heterocycles. The Balaban J connectivity index is 0. The van der Waals surface area contributed by atoms with E-state index in [1.165, 1.54) is 0 Å². The summed E-state index contributed by atoms with van der Waals surface area (Å²) < 4.78 is 36.8. The molecule has 228 valence electrons. The van der Waals surface area contributed by atoms with Crippen LogP contribution >= 0.6 is 0 Å². The lowest BCUT2D eigenvalue weighted by molar-refractivity contribution is -0.128. The van der Waals surface area contributed by atoms with E-state index in [9.17, 15) is 9.59 Å². The van der Waals surface area contributed by atoms with Crippen LogP contribution in [0.3, 0.4) is 0 Å². The molecular weight excluding hydrogens is 496 g/mol. The summed E-state index contributed by atoms with van der Waals surface area (Å²) >= 11 is 0. The lowest BCUT2D eigenvalue weighted by Crippen LogP contribution is -2.31. The van der Waals surface area contributed by atoms with Crippen molar-refractivity contribution in [3.8, 4) is 0 Å². The molecule has 0 aromatic carbocycles. The van der Waals surface area contributed by atoms with Crippen LogP contribution in [0.2, 0.25) is 0 Å². The van der Waals surface area contributed by atoms with E-state index in [0.29, 0.717) is 77.8 Å². The van der Waals surface area contributed by atoms with E-state index in [1.54, 1.807) is 0 Å². The highest BCUT2D eigenvalue weighted by Crippen LogP contribution is 1.91. The number of carbonyl (C=O) groups excluding carboxylic acids is 2. The van der Waals surface area contributed by atoms with E-state index in [4.69, 9.17) is 33.2 Å². The highest BCUT2D eigenvalue weighted by molar-refractivity contribution is 5.77. The van der Waals surface area contributed by atoms with Crippen molar-refractivity contribution in [1.29, 1.82) is 0 Å². The Morgan fingerprint density at radius 1 is 0.526 bits per heavy atom. The molecule has 0 aliphatic rings. The lowest BCUT2D eigenvalue weighted by atomic mass is 10.2. The second-order valence-corrected chi connectivity index (χ2v) is 9.88. The molecule has 0 spiro atoms. The highest BCUT2D eigenvalue weighted by Gasteiger charge is 2.03. The van der Waals surface area contributed by atoms with Crippen molar-refractivity contribution in [2.75, 3.05) is 86.0 Å². The quantitative estimate of drug-likeness (QED) is 0.137. The molecule has 0 aliphatic heterocycles. The van der Waals surface area contributed by atoms with Crippen molar-refractivity contribution in [2.45, 2.75) is 67.6 Å². The van der Waals surface area contributed by atoms with Gasteiger partial charge in [-0.3, -0.25) is 9.59 Å². The van der Waals surface area contributed by atoms with Crippen LogP contribution in [0, 0.1) is 11.8 Å². The molecule has 0 saturated carbocycles. The fourth-order valence-electron chi connectivity index (χ4n) is 2.30. The van der Waals surface area contributed by atoms with Crippen LogP contribution in [0.5, 0.6) is 0 Å². The van der Waals surface area contributed by atoms with E-state index < -0.39 is 0 Å². The molecule has 0 atom stereocenters. The van der Waals surface area contributed by atoms with Crippen LogP contribution in [0.4, 0.5) is 0 Å². The van der Waals surface area contributed by atoms with Gasteiger partial charge in [-0.25, -0.2) is 0 Å². The number of ether oxygens (including phenoxy) is 7. The van der Waals surface area contributed by atoms with Crippen LogP contribution < -0.4 is 10.6 Å². The first-order chi connectivity index (χ1) is 18.0. The number of nitrogens with one attached hydrogen (secondary N) is 2. The molecule has 0 heterocycles. The van der Waals surface area contributed by atoms with E-state index in [0.717, 1.165) is 0 Å². The molecule has 0 saturated heterocycles. The second kappa shape index (κ2) is 28.7. The number of carbonyl (C=O) groups is 2. The topological polar surface area (TPSA) is 123 Å². The van der Waals surface area contributed by atoms with Gasteiger partial charge in [0.1, 0.15) is 19.9 Å². The molecule has 0 aromatic rings. The SMILES string of the molecule is CC(C)CNC(=O)COCCOCCOC(C)C.CC(C)COCNC(=O)COCCOCCOC(C)C. The fourth-order valence-corrected chi connectivity index (χ4v) is 2.30. The van der Waals surface area contributed by atoms with Crippen molar-refractivity contribution in [1.82, 2.24) is 10.6 Å². The normalized spacial score (nSPS) is 11.3. The first-order valence-corrected chi connectivity index (χ1v) is 13.7. The Hall–Kier alpha value is -1.34. The molecule has 2 amide bonds. The average molecular weight is 553 g/mol. The molecule has 38 heavy (non-hydrogen) atoms. The summed E-state index contributed by atoms with van der Waals surface area (Å²) in [7, 11) is 0. The Kier molecular flexibility index (Phi) is 29.3. The van der Waals surface area contributed by atoms with Gasteiger partial charge in [0.05, 0.1) is 71.7 Å². The summed E-state index contributed by atoms with van der Waals surface area (Å²) in [5, 5.41) is 5.40. The van der Waals surface area contributed by atoms with Crippen molar-refractivity contribution >= 4 is 11.8 Å². The summed E-state index contributed by atoms with van der Waals surface area (Å²) in [4.78, 5) is 22.6. The van der Waals surface area contributed by atoms with Gasteiger partial charge in [-0.05, 0) is 39.5 Å². The van der Waals surface area contributed by atoms with Gasteiger partial charge in [-0.2, -0.15) is 0 Å². The third kappa shape index (κ3) is 36.8. The summed E-state index contributed by atoms with van der Waals surface area (Å²) in [5.74, 6) is 0.655. The molecule has 0 rings (SSSR count). The average Bonchev–Trinajstić information content (AvgIpc) is 2.83. The molecule has 11 nitrogen and oxygen atoms in total. The van der Waals surface area contributed by atoms with Gasteiger partial charge < -0.3 is 43.8 Å². The number of hydrogen-bond acceptors (Lipinski definition) is 9. The maximum Gasteiger partial charge on any atom is 0.247 e. The Morgan fingerprint density at radius 3 is 1.37 bits per heavy atom. The minimum Gasteiger partial charge on any atom is -0.377 e. The maximum absolute atomic E-state index is 11.3. The zero-order chi connectivity index (χ0) is 29.0. The predicted molar refractivity (Wildman–Crippen MR) is 147 cm³/mol. The second-order valence-electron chi connectivity index (χ2n) is 9.88. The molecule has 2 N–H and O–H groups in total. The third-order valence-corrected chi connectivity index (χ3v) is 4.10. The van der Waals surface area contributed by atoms with Crippen molar-refractivity contribution in [3.05, 3.63) is 0 Å². The van der Waals surface area contributed by atoms with E-state index in [2.05, 4.69) is 24.5 Å². The molecule has 0 bridgehead atoms. The smallest absolute Gasteiger partial charge is 0.247 e. The first kappa shape index (κ1) is 38.8. The Morgan fingerprint density at radius 2 is 0.947 bits per heavy atom. The molecule has 0 aliphatic carbocycles. The molecule has 11 heteroatoms. The van der Waals surface area contributed by atoms with Crippen LogP contribution in [0.15, 0.2) is 0 Å². The summed E-state index contributed by atoms with van der Waals surface area (Å²) in [6, 6.07) is 0. The fraction of sp³-hybridized carbons (Fsp3) is 0.926. The van der Waals surface area contributed by atoms with Gasteiger partial charge in [0, 0.05) is 6.54 Å². The monoisotopic (exact) mass is 552 g/mol. The Labute approximate surface area is 230 Å². The number of amides is 2. The predicted octanol–water partition coefficient (Wildman–Crippen LogP) is 2.41. The standard InChI is InChI=1S/C14H29NO5.C13H27NO4/c1-12(2)9-19-11-15-14(16)10-18-6-5-17-7-8-20-13(3)4;1-11(2)9-14-13(15)10-17-6-5-16-7-8-18-12(3)4/h12-13H,5-11H2,1-4H3,(H,15,16);11-12H,5-10H2,1-4H3,(H,14,15). The van der Waals surface area contributed by atoms with Crippen molar-refractivity contribution < 1.29 is 42.7 Å². The van der Waals surface area contributed by atoms with Gasteiger partial charge in [-0.1, -0.05) is 27.7 Å². The highest BCUT2D eigenvalue weighted by atomic mass is 16.6. The van der Waals surface area contributed by atoms with Crippen LogP contribution in [0.1, 0.15) is 55.4 Å². The van der Waals surface area contributed by atoms with Gasteiger partial charge >= 0.3 is 0 Å². The van der Waals surface area contributed by atoms with Gasteiger partial charge in [0.25, 0.3) is 0 Å². The number of rotatable bonds is 24. The molecule has 0 radical (unpaired) electrons. The van der Waals surface area contributed by atoms with Gasteiger partial charge in [-0.15, -0.1) is 0 Å². The van der Waals surface area contributed by atoms with Crippen LogP contribution in [-0.4, -0.2) is 110 Å². The van der Waals surface area contributed by atoms with E-state index in [-0.39, 0.29) is 44.0 Å². The largest absolute Gasteiger partial charge is 0.377 e. The molecular formula is C27H56N2O9. The van der Waals surface area contributed by atoms with Crippen LogP contribution in [0.25, 0.3) is 0 Å². The first-order valence-electron chi connectivity index (χ1n) is 13.7. The minimum absolute atomic E-state index is 0.0247. The zero-order valence-corrected chi connectivity index (χ0v) is 25.2. The van der Waals surface area contributed by atoms with Crippen LogP contribution in [-0.2, 0) is 42.7 Å². The molecule has 0 fully saturated rings. The third-order valence-electron chi connectivity index (χ3n) is 4.10. The van der Waals surface area contributed by atoms with E-state index >= 15 is 0 Å². The van der Waals surface area contributed by atoms with Gasteiger partial charge in [0.15, 0.2) is 0 Å². The van der Waals surface area contributed by atoms with Crippen molar-refractivity contribution in [3.63, 3.8) is 0 Å².